The van der Waals surface area contributed by atoms with E-state index in [0.717, 1.165) is 24.2 Å². The van der Waals surface area contributed by atoms with E-state index in [9.17, 15) is 5.11 Å². The van der Waals surface area contributed by atoms with Crippen LogP contribution < -0.4 is 4.74 Å². The second-order valence-corrected chi connectivity index (χ2v) is 4.16. The van der Waals surface area contributed by atoms with Gasteiger partial charge in [-0.25, -0.2) is 0 Å². The molecule has 0 amide bonds. The number of methoxy groups -OCH3 is 1. The molecule has 2 rings (SSSR count). The van der Waals surface area contributed by atoms with Gasteiger partial charge in [0.15, 0.2) is 0 Å². The number of benzene rings is 1. The third kappa shape index (κ3) is 2.74. The lowest BCUT2D eigenvalue weighted by Crippen LogP contribution is -2.08. The summed E-state index contributed by atoms with van der Waals surface area (Å²) in [4.78, 5) is 0. The number of ether oxygens (including phenoxy) is 2. The van der Waals surface area contributed by atoms with E-state index < -0.39 is 0 Å². The zero-order valence-corrected chi connectivity index (χ0v) is 9.56. The van der Waals surface area contributed by atoms with Gasteiger partial charge in [0, 0.05) is 12.7 Å². The van der Waals surface area contributed by atoms with Crippen LogP contribution in [0.1, 0.15) is 24.5 Å². The Morgan fingerprint density at radius 1 is 1.31 bits per heavy atom. The van der Waals surface area contributed by atoms with Crippen LogP contribution in [0.25, 0.3) is 0 Å². The molecule has 1 N–H and O–H groups in total. The van der Waals surface area contributed by atoms with Crippen LogP contribution in [0.3, 0.4) is 0 Å². The molecule has 3 nitrogen and oxygen atoms in total. The van der Waals surface area contributed by atoms with Crippen molar-refractivity contribution in [3.8, 4) is 5.75 Å². The van der Waals surface area contributed by atoms with Crippen LogP contribution in [0.15, 0.2) is 24.3 Å². The first-order chi connectivity index (χ1) is 7.83. The highest BCUT2D eigenvalue weighted by Gasteiger charge is 2.32. The number of aliphatic hydroxyl groups is 1. The summed E-state index contributed by atoms with van der Waals surface area (Å²) in [6, 6.07) is 7.69. The van der Waals surface area contributed by atoms with Crippen LogP contribution >= 0.6 is 0 Å². The van der Waals surface area contributed by atoms with Crippen molar-refractivity contribution >= 4 is 0 Å². The lowest BCUT2D eigenvalue weighted by molar-refractivity contribution is 0.131. The standard InChI is InChI=1S/C13H18O3/c1-15-8-9-16-12-5-3-2-4-11(12)13(14)10-6-7-10/h2-5,10,13-14H,6-9H2,1H3. The number of aliphatic hydroxyl groups excluding tert-OH is 1. The SMILES string of the molecule is COCCOc1ccccc1C(O)C1CC1. The maximum atomic E-state index is 10.1. The molecule has 1 aliphatic rings. The minimum Gasteiger partial charge on any atom is -0.491 e. The Morgan fingerprint density at radius 2 is 2.06 bits per heavy atom. The maximum absolute atomic E-state index is 10.1. The van der Waals surface area contributed by atoms with Gasteiger partial charge in [0.2, 0.25) is 0 Å². The predicted octanol–water partition coefficient (Wildman–Crippen LogP) is 2.16. The first kappa shape index (κ1) is 11.4. The summed E-state index contributed by atoms with van der Waals surface area (Å²) in [5.41, 5.74) is 0.904. The van der Waals surface area contributed by atoms with E-state index in [2.05, 4.69) is 0 Å². The average Bonchev–Trinajstić information content (AvgIpc) is 3.13. The lowest BCUT2D eigenvalue weighted by Gasteiger charge is -2.15. The Hall–Kier alpha value is -1.06. The van der Waals surface area contributed by atoms with Crippen molar-refractivity contribution in [2.24, 2.45) is 5.92 Å². The highest BCUT2D eigenvalue weighted by molar-refractivity contribution is 5.35. The molecule has 1 fully saturated rings. The molecule has 1 aromatic rings. The maximum Gasteiger partial charge on any atom is 0.125 e. The first-order valence-corrected chi connectivity index (χ1v) is 5.71. The topological polar surface area (TPSA) is 38.7 Å². The Bertz CT molecular complexity index is 334. The summed E-state index contributed by atoms with van der Waals surface area (Å²) in [6.07, 6.45) is 1.86. The molecule has 0 spiro atoms. The van der Waals surface area contributed by atoms with Gasteiger partial charge in [-0.15, -0.1) is 0 Å². The third-order valence-corrected chi connectivity index (χ3v) is 2.85. The van der Waals surface area contributed by atoms with Crippen molar-refractivity contribution in [3.05, 3.63) is 29.8 Å². The van der Waals surface area contributed by atoms with Gasteiger partial charge in [-0.1, -0.05) is 18.2 Å². The molecule has 1 aliphatic carbocycles. The molecule has 0 radical (unpaired) electrons. The van der Waals surface area contributed by atoms with Crippen LogP contribution in [0, 0.1) is 5.92 Å². The fraction of sp³-hybridized carbons (Fsp3) is 0.538. The quantitative estimate of drug-likeness (QED) is 0.750. The number of hydrogen-bond donors (Lipinski definition) is 1. The van der Waals surface area contributed by atoms with Gasteiger partial charge in [0.05, 0.1) is 12.7 Å². The summed E-state index contributed by atoms with van der Waals surface area (Å²) in [5, 5.41) is 10.1. The first-order valence-electron chi connectivity index (χ1n) is 5.71. The number of para-hydroxylation sites is 1. The Labute approximate surface area is 96.0 Å². The molecular weight excluding hydrogens is 204 g/mol. The highest BCUT2D eigenvalue weighted by Crippen LogP contribution is 2.43. The lowest BCUT2D eigenvalue weighted by atomic mass is 10.0. The molecule has 1 aromatic carbocycles. The van der Waals surface area contributed by atoms with E-state index >= 15 is 0 Å². The fourth-order valence-electron chi connectivity index (χ4n) is 1.76. The third-order valence-electron chi connectivity index (χ3n) is 2.85. The minimum absolute atomic E-state index is 0.376. The van der Waals surface area contributed by atoms with Crippen molar-refractivity contribution in [2.45, 2.75) is 18.9 Å². The Morgan fingerprint density at radius 3 is 2.75 bits per heavy atom. The second-order valence-electron chi connectivity index (χ2n) is 4.16. The van der Waals surface area contributed by atoms with Gasteiger partial charge >= 0.3 is 0 Å². The largest absolute Gasteiger partial charge is 0.491 e. The van der Waals surface area contributed by atoms with E-state index in [4.69, 9.17) is 9.47 Å². The molecule has 3 heteroatoms. The van der Waals surface area contributed by atoms with Gasteiger partial charge in [0.1, 0.15) is 12.4 Å². The van der Waals surface area contributed by atoms with Crippen molar-refractivity contribution in [2.75, 3.05) is 20.3 Å². The molecule has 0 heterocycles. The second kappa shape index (κ2) is 5.32. The Balaban J connectivity index is 2.04. The van der Waals surface area contributed by atoms with Crippen LogP contribution in [-0.2, 0) is 4.74 Å². The molecule has 0 aliphatic heterocycles. The van der Waals surface area contributed by atoms with Gasteiger partial charge in [-0.05, 0) is 24.8 Å². The van der Waals surface area contributed by atoms with Crippen LogP contribution in [0.5, 0.6) is 5.75 Å². The molecule has 0 saturated heterocycles. The minimum atomic E-state index is -0.376. The van der Waals surface area contributed by atoms with Gasteiger partial charge < -0.3 is 14.6 Å². The summed E-state index contributed by atoms with van der Waals surface area (Å²) in [7, 11) is 1.65. The summed E-state index contributed by atoms with van der Waals surface area (Å²) in [6.45, 7) is 1.08. The summed E-state index contributed by atoms with van der Waals surface area (Å²) < 4.78 is 10.5. The van der Waals surface area contributed by atoms with Crippen molar-refractivity contribution < 1.29 is 14.6 Å². The zero-order valence-electron chi connectivity index (χ0n) is 9.56. The predicted molar refractivity (Wildman–Crippen MR) is 61.5 cm³/mol. The number of rotatable bonds is 6. The van der Waals surface area contributed by atoms with E-state index in [0.29, 0.717) is 19.1 Å². The van der Waals surface area contributed by atoms with E-state index in [1.807, 2.05) is 24.3 Å². The molecule has 16 heavy (non-hydrogen) atoms. The normalized spacial score (nSPS) is 17.1. The molecule has 1 atom stereocenters. The van der Waals surface area contributed by atoms with Crippen LogP contribution in [0.4, 0.5) is 0 Å². The molecule has 0 aromatic heterocycles. The van der Waals surface area contributed by atoms with Crippen LogP contribution in [0.2, 0.25) is 0 Å². The van der Waals surface area contributed by atoms with Crippen molar-refractivity contribution in [3.63, 3.8) is 0 Å². The van der Waals surface area contributed by atoms with E-state index in [1.165, 1.54) is 0 Å². The van der Waals surface area contributed by atoms with E-state index in [1.54, 1.807) is 7.11 Å². The zero-order chi connectivity index (χ0) is 11.4. The molecule has 88 valence electrons. The van der Waals surface area contributed by atoms with Crippen molar-refractivity contribution in [1.82, 2.24) is 0 Å². The van der Waals surface area contributed by atoms with Gasteiger partial charge in [-0.2, -0.15) is 0 Å². The molecular formula is C13H18O3. The van der Waals surface area contributed by atoms with Crippen LogP contribution in [-0.4, -0.2) is 25.4 Å². The smallest absolute Gasteiger partial charge is 0.125 e. The van der Waals surface area contributed by atoms with Gasteiger partial charge in [0.25, 0.3) is 0 Å². The molecule has 1 unspecified atom stereocenters. The fourth-order valence-corrected chi connectivity index (χ4v) is 1.76. The van der Waals surface area contributed by atoms with Gasteiger partial charge in [-0.3, -0.25) is 0 Å². The molecule has 0 bridgehead atoms. The Kier molecular flexibility index (Phi) is 3.80. The summed E-state index contributed by atoms with van der Waals surface area (Å²) in [5.74, 6) is 1.20. The highest BCUT2D eigenvalue weighted by atomic mass is 16.5. The summed E-state index contributed by atoms with van der Waals surface area (Å²) >= 11 is 0. The van der Waals surface area contributed by atoms with Crippen molar-refractivity contribution in [1.29, 1.82) is 0 Å². The van der Waals surface area contributed by atoms with E-state index in [-0.39, 0.29) is 6.10 Å². The molecule has 1 saturated carbocycles. The average molecular weight is 222 g/mol. The monoisotopic (exact) mass is 222 g/mol. The number of hydrogen-bond acceptors (Lipinski definition) is 3.